The van der Waals surface area contributed by atoms with E-state index >= 15 is 0 Å². The van der Waals surface area contributed by atoms with Gasteiger partial charge in [-0.1, -0.05) is 18.2 Å². The molecule has 3 N–H and O–H groups in total. The summed E-state index contributed by atoms with van der Waals surface area (Å²) in [5.41, 5.74) is -0.0371. The molecule has 0 saturated heterocycles. The molecule has 2 aromatic rings. The second-order valence-corrected chi connectivity index (χ2v) is 9.91. The Morgan fingerprint density at radius 3 is 2.41 bits per heavy atom. The van der Waals surface area contributed by atoms with Crippen LogP contribution >= 0.6 is 0 Å². The molecule has 6 heteroatoms. The van der Waals surface area contributed by atoms with Crippen molar-refractivity contribution in [2.75, 3.05) is 0 Å². The lowest BCUT2D eigenvalue weighted by atomic mass is 9.52. The van der Waals surface area contributed by atoms with Crippen molar-refractivity contribution < 1.29 is 15.0 Å². The standard InChI is InChI=1S/C23H29N3O3/c1-22(2,28)20-18(13-24-26(20)17-6-4-3-5-7-17)21(27)25-19-15-8-14-9-16(19)12-23(29,10-14)11-15/h3-7,13-16,19,28-29H,8-12H2,1-2H3,(H,25,27). The third-order valence-corrected chi connectivity index (χ3v) is 7.13. The fourth-order valence-electron chi connectivity index (χ4n) is 6.31. The summed E-state index contributed by atoms with van der Waals surface area (Å²) < 4.78 is 1.65. The number of benzene rings is 1. The van der Waals surface area contributed by atoms with Crippen LogP contribution in [-0.2, 0) is 5.60 Å². The van der Waals surface area contributed by atoms with Crippen LogP contribution in [0.15, 0.2) is 36.5 Å². The van der Waals surface area contributed by atoms with Crippen molar-refractivity contribution in [3.8, 4) is 5.69 Å². The highest BCUT2D eigenvalue weighted by atomic mass is 16.3. The lowest BCUT2D eigenvalue weighted by molar-refractivity contribution is -0.136. The largest absolute Gasteiger partial charge is 0.390 e. The second kappa shape index (κ2) is 6.41. The van der Waals surface area contributed by atoms with Gasteiger partial charge in [-0.2, -0.15) is 5.10 Å². The average Bonchev–Trinajstić information content (AvgIpc) is 3.10. The van der Waals surface area contributed by atoms with E-state index in [0.717, 1.165) is 37.8 Å². The SMILES string of the molecule is CC(C)(O)c1c(C(=O)NC2C3CC4CC2CC(O)(C4)C3)cnn1-c1ccccc1. The molecule has 6 nitrogen and oxygen atoms in total. The molecular formula is C23H29N3O3. The molecule has 1 heterocycles. The molecule has 4 aliphatic carbocycles. The highest BCUT2D eigenvalue weighted by Gasteiger charge is 2.55. The molecule has 4 fully saturated rings. The number of carbonyl (C=O) groups excluding carboxylic acids is 1. The minimum atomic E-state index is -1.22. The Balaban J connectivity index is 1.44. The van der Waals surface area contributed by atoms with Gasteiger partial charge in [-0.25, -0.2) is 4.68 Å². The Hall–Kier alpha value is -2.18. The van der Waals surface area contributed by atoms with Gasteiger partial charge in [0.1, 0.15) is 5.60 Å². The summed E-state index contributed by atoms with van der Waals surface area (Å²) in [6.07, 6.45) is 6.22. The van der Waals surface area contributed by atoms with E-state index in [1.807, 2.05) is 30.3 Å². The maximum atomic E-state index is 13.3. The summed E-state index contributed by atoms with van der Waals surface area (Å²) in [5.74, 6) is 1.09. The average molecular weight is 396 g/mol. The van der Waals surface area contributed by atoms with Crippen molar-refractivity contribution in [1.29, 1.82) is 0 Å². The highest BCUT2D eigenvalue weighted by molar-refractivity contribution is 5.95. The van der Waals surface area contributed by atoms with Gasteiger partial charge in [-0.15, -0.1) is 0 Å². The predicted molar refractivity (Wildman–Crippen MR) is 109 cm³/mol. The first-order valence-corrected chi connectivity index (χ1v) is 10.6. The van der Waals surface area contributed by atoms with E-state index < -0.39 is 11.2 Å². The highest BCUT2D eigenvalue weighted by Crippen LogP contribution is 2.55. The smallest absolute Gasteiger partial charge is 0.255 e. The van der Waals surface area contributed by atoms with E-state index in [1.54, 1.807) is 24.7 Å². The molecule has 1 amide bonds. The van der Waals surface area contributed by atoms with Gasteiger partial charge in [-0.3, -0.25) is 4.79 Å². The lowest BCUT2D eigenvalue weighted by Gasteiger charge is -2.58. The predicted octanol–water partition coefficient (Wildman–Crippen LogP) is 2.77. The molecule has 0 aliphatic heterocycles. The number of carbonyl (C=O) groups is 1. The molecule has 154 valence electrons. The van der Waals surface area contributed by atoms with Gasteiger partial charge in [0, 0.05) is 6.04 Å². The number of aromatic nitrogens is 2. The second-order valence-electron chi connectivity index (χ2n) is 9.91. The Kier molecular flexibility index (Phi) is 4.16. The third-order valence-electron chi connectivity index (χ3n) is 7.13. The maximum absolute atomic E-state index is 13.3. The molecule has 4 saturated carbocycles. The van der Waals surface area contributed by atoms with E-state index in [2.05, 4.69) is 10.4 Å². The van der Waals surface area contributed by atoms with Gasteiger partial charge in [0.2, 0.25) is 0 Å². The number of hydrogen-bond donors (Lipinski definition) is 3. The Morgan fingerprint density at radius 1 is 1.17 bits per heavy atom. The van der Waals surface area contributed by atoms with Crippen LogP contribution in [0.2, 0.25) is 0 Å². The molecule has 1 aromatic carbocycles. The van der Waals surface area contributed by atoms with Gasteiger partial charge in [0.05, 0.1) is 28.7 Å². The molecule has 4 aliphatic rings. The van der Waals surface area contributed by atoms with Crippen molar-refractivity contribution in [3.05, 3.63) is 47.8 Å². The van der Waals surface area contributed by atoms with E-state index in [1.165, 1.54) is 0 Å². The summed E-state index contributed by atoms with van der Waals surface area (Å²) in [6, 6.07) is 9.64. The molecule has 6 rings (SSSR count). The number of hydrogen-bond acceptors (Lipinski definition) is 4. The molecule has 1 aromatic heterocycles. The molecule has 2 atom stereocenters. The van der Waals surface area contributed by atoms with Crippen molar-refractivity contribution in [1.82, 2.24) is 15.1 Å². The number of rotatable bonds is 4. The number of aliphatic hydroxyl groups is 2. The normalized spacial score (nSPS) is 33.1. The monoisotopic (exact) mass is 395 g/mol. The van der Waals surface area contributed by atoms with Gasteiger partial charge in [-0.05, 0) is 75.8 Å². The maximum Gasteiger partial charge on any atom is 0.255 e. The molecule has 0 radical (unpaired) electrons. The first kappa shape index (κ1) is 18.8. The van der Waals surface area contributed by atoms with Crippen LogP contribution in [0.4, 0.5) is 0 Å². The van der Waals surface area contributed by atoms with Gasteiger partial charge >= 0.3 is 0 Å². The van der Waals surface area contributed by atoms with Crippen molar-refractivity contribution in [3.63, 3.8) is 0 Å². The Morgan fingerprint density at radius 2 is 1.83 bits per heavy atom. The van der Waals surface area contributed by atoms with Gasteiger partial charge in [0.25, 0.3) is 5.91 Å². The van der Waals surface area contributed by atoms with Crippen LogP contribution in [0, 0.1) is 17.8 Å². The van der Waals surface area contributed by atoms with Gasteiger partial charge in [0.15, 0.2) is 0 Å². The third kappa shape index (κ3) is 3.19. The summed E-state index contributed by atoms with van der Waals surface area (Å²) in [7, 11) is 0. The van der Waals surface area contributed by atoms with Crippen molar-refractivity contribution in [2.45, 2.75) is 63.2 Å². The Labute approximate surface area is 170 Å². The first-order chi connectivity index (χ1) is 13.7. The first-order valence-electron chi connectivity index (χ1n) is 10.6. The minimum absolute atomic E-state index is 0.0917. The summed E-state index contributed by atoms with van der Waals surface area (Å²) in [6.45, 7) is 3.36. The quantitative estimate of drug-likeness (QED) is 0.743. The fourth-order valence-corrected chi connectivity index (χ4v) is 6.31. The zero-order valence-electron chi connectivity index (χ0n) is 17.0. The Bertz CT molecular complexity index is 915. The van der Waals surface area contributed by atoms with Crippen molar-refractivity contribution >= 4 is 5.91 Å². The number of amides is 1. The van der Waals surface area contributed by atoms with E-state index in [0.29, 0.717) is 29.0 Å². The van der Waals surface area contributed by atoms with Crippen LogP contribution in [0.3, 0.4) is 0 Å². The topological polar surface area (TPSA) is 87.4 Å². The van der Waals surface area contributed by atoms with E-state index in [-0.39, 0.29) is 11.9 Å². The minimum Gasteiger partial charge on any atom is -0.390 e. The molecular weight excluding hydrogens is 366 g/mol. The van der Waals surface area contributed by atoms with Crippen LogP contribution in [-0.4, -0.2) is 37.5 Å². The molecule has 2 unspecified atom stereocenters. The summed E-state index contributed by atoms with van der Waals surface area (Å²) in [4.78, 5) is 13.3. The van der Waals surface area contributed by atoms with Crippen LogP contribution < -0.4 is 5.32 Å². The number of nitrogens with one attached hydrogen (secondary N) is 1. The summed E-state index contributed by atoms with van der Waals surface area (Å²) >= 11 is 0. The zero-order valence-corrected chi connectivity index (χ0v) is 17.0. The van der Waals surface area contributed by atoms with E-state index in [9.17, 15) is 15.0 Å². The molecule has 0 spiro atoms. The van der Waals surface area contributed by atoms with Crippen molar-refractivity contribution in [2.24, 2.45) is 17.8 Å². The number of para-hydroxylation sites is 1. The van der Waals surface area contributed by atoms with Gasteiger partial charge < -0.3 is 15.5 Å². The number of nitrogens with zero attached hydrogens (tertiary/aromatic N) is 2. The summed E-state index contributed by atoms with van der Waals surface area (Å²) in [5, 5.41) is 29.3. The van der Waals surface area contributed by atoms with E-state index in [4.69, 9.17) is 0 Å². The molecule has 4 bridgehead atoms. The van der Waals surface area contributed by atoms with Crippen LogP contribution in [0.5, 0.6) is 0 Å². The fraction of sp³-hybridized carbons (Fsp3) is 0.565. The van der Waals surface area contributed by atoms with Crippen LogP contribution in [0.25, 0.3) is 5.69 Å². The molecule has 29 heavy (non-hydrogen) atoms. The lowest BCUT2D eigenvalue weighted by Crippen LogP contribution is -2.61. The zero-order chi connectivity index (χ0) is 20.4. The van der Waals surface area contributed by atoms with Crippen LogP contribution in [0.1, 0.15) is 62.0 Å².